The summed E-state index contributed by atoms with van der Waals surface area (Å²) in [4.78, 5) is 19.5. The largest absolute Gasteiger partial charge is 0.490 e. The smallest absolute Gasteiger partial charge is 0.417 e. The number of esters is 1. The average Bonchev–Trinajstić information content (AvgIpc) is 3.36. The number of aromatic nitrogens is 3. The molecule has 3 aromatic rings. The molecule has 0 aliphatic carbocycles. The first kappa shape index (κ1) is 27.8. The Bertz CT molecular complexity index is 1670. The number of nitrogens with zero attached hydrogens (tertiary/aromatic N) is 3. The SMILES string of the molecule is CC(=O)OCCOc1ccc(-c2ccc(Cn3ccc4nc(-c5cccc(F)c5F)nc-4c3)cc2)c(C(F)(F)F)c1. The van der Waals surface area contributed by atoms with E-state index >= 15 is 0 Å². The number of fused-ring (bicyclic) bond motifs is 1. The Kier molecular flexibility index (Phi) is 7.69. The topological polar surface area (TPSA) is 66.2 Å². The van der Waals surface area contributed by atoms with Crippen LogP contribution in [0.2, 0.25) is 0 Å². The molecule has 0 radical (unpaired) electrons. The van der Waals surface area contributed by atoms with Crippen molar-refractivity contribution < 1.29 is 36.2 Å². The molecule has 0 saturated carbocycles. The molecule has 6 nitrogen and oxygen atoms in total. The van der Waals surface area contributed by atoms with Crippen LogP contribution in [0.15, 0.2) is 79.1 Å². The van der Waals surface area contributed by atoms with E-state index in [1.165, 1.54) is 31.2 Å². The minimum absolute atomic E-state index is 0.00497. The van der Waals surface area contributed by atoms with E-state index in [1.54, 1.807) is 47.3 Å². The van der Waals surface area contributed by atoms with Gasteiger partial charge < -0.3 is 14.0 Å². The zero-order valence-electron chi connectivity index (χ0n) is 21.6. The minimum atomic E-state index is -4.62. The molecule has 41 heavy (non-hydrogen) atoms. The van der Waals surface area contributed by atoms with Gasteiger partial charge in [0, 0.05) is 25.9 Å². The molecule has 2 aliphatic heterocycles. The van der Waals surface area contributed by atoms with Gasteiger partial charge in [-0.1, -0.05) is 36.4 Å². The van der Waals surface area contributed by atoms with Gasteiger partial charge in [-0.05, 0) is 47.0 Å². The zero-order chi connectivity index (χ0) is 29.1. The number of pyridine rings is 1. The molecule has 2 aliphatic rings. The molecule has 5 rings (SSSR count). The number of carbonyl (C=O) groups excluding carboxylic acids is 1. The van der Waals surface area contributed by atoms with Crippen molar-refractivity contribution in [3.8, 4) is 39.7 Å². The number of hydrogen-bond donors (Lipinski definition) is 0. The molecule has 0 unspecified atom stereocenters. The third-order valence-electron chi connectivity index (χ3n) is 6.20. The fourth-order valence-electron chi connectivity index (χ4n) is 4.29. The summed E-state index contributed by atoms with van der Waals surface area (Å²) < 4.78 is 81.3. The lowest BCUT2D eigenvalue weighted by atomic mass is 9.98. The number of benzene rings is 3. The van der Waals surface area contributed by atoms with Crippen LogP contribution in [0, 0.1) is 11.6 Å². The predicted octanol–water partition coefficient (Wildman–Crippen LogP) is 7.00. The van der Waals surface area contributed by atoms with Crippen LogP contribution in [0.1, 0.15) is 18.1 Å². The van der Waals surface area contributed by atoms with Crippen LogP contribution in [0.3, 0.4) is 0 Å². The van der Waals surface area contributed by atoms with Gasteiger partial charge >= 0.3 is 12.1 Å². The maximum atomic E-state index is 14.2. The Morgan fingerprint density at radius 1 is 0.902 bits per heavy atom. The van der Waals surface area contributed by atoms with Gasteiger partial charge in [-0.25, -0.2) is 18.7 Å². The maximum Gasteiger partial charge on any atom is 0.417 e. The van der Waals surface area contributed by atoms with Gasteiger partial charge in [0.25, 0.3) is 0 Å². The molecular weight excluding hydrogens is 545 g/mol. The number of hydrogen-bond acceptors (Lipinski definition) is 5. The van der Waals surface area contributed by atoms with Gasteiger partial charge in [0.2, 0.25) is 0 Å². The van der Waals surface area contributed by atoms with Crippen molar-refractivity contribution in [2.45, 2.75) is 19.6 Å². The van der Waals surface area contributed by atoms with Gasteiger partial charge in [0.15, 0.2) is 17.5 Å². The van der Waals surface area contributed by atoms with Crippen LogP contribution < -0.4 is 4.74 Å². The van der Waals surface area contributed by atoms with E-state index in [0.717, 1.165) is 17.7 Å². The molecule has 0 saturated heterocycles. The second-order valence-electron chi connectivity index (χ2n) is 9.13. The molecule has 3 aromatic carbocycles. The summed E-state index contributed by atoms with van der Waals surface area (Å²) in [5.41, 5.74) is 1.28. The van der Waals surface area contributed by atoms with Crippen molar-refractivity contribution in [1.82, 2.24) is 14.5 Å². The molecule has 0 aromatic heterocycles. The van der Waals surface area contributed by atoms with Crippen LogP contribution in [0.25, 0.3) is 33.9 Å². The van der Waals surface area contributed by atoms with Crippen LogP contribution in [0.5, 0.6) is 5.75 Å². The highest BCUT2D eigenvalue weighted by Gasteiger charge is 2.34. The second-order valence-corrected chi connectivity index (χ2v) is 9.13. The number of rotatable bonds is 8. The van der Waals surface area contributed by atoms with Crippen LogP contribution in [-0.2, 0) is 22.3 Å². The lowest BCUT2D eigenvalue weighted by Gasteiger charge is -2.16. The third-order valence-corrected chi connectivity index (χ3v) is 6.20. The normalized spacial score (nSPS) is 11.6. The van der Waals surface area contributed by atoms with Crippen molar-refractivity contribution in [2.24, 2.45) is 0 Å². The van der Waals surface area contributed by atoms with Crippen molar-refractivity contribution in [3.05, 3.63) is 102 Å². The van der Waals surface area contributed by atoms with E-state index in [-0.39, 0.29) is 35.9 Å². The number of carbonyl (C=O) groups is 1. The van der Waals surface area contributed by atoms with Crippen molar-refractivity contribution >= 4 is 5.97 Å². The summed E-state index contributed by atoms with van der Waals surface area (Å²) >= 11 is 0. The highest BCUT2D eigenvalue weighted by molar-refractivity contribution is 5.70. The summed E-state index contributed by atoms with van der Waals surface area (Å²) in [7, 11) is 0. The van der Waals surface area contributed by atoms with Gasteiger partial charge in [0.1, 0.15) is 24.7 Å². The van der Waals surface area contributed by atoms with E-state index in [1.807, 2.05) is 0 Å². The highest BCUT2D eigenvalue weighted by Crippen LogP contribution is 2.39. The van der Waals surface area contributed by atoms with E-state index in [0.29, 0.717) is 23.5 Å². The molecule has 0 amide bonds. The van der Waals surface area contributed by atoms with E-state index in [4.69, 9.17) is 9.47 Å². The number of alkyl halides is 3. The van der Waals surface area contributed by atoms with Crippen molar-refractivity contribution in [3.63, 3.8) is 0 Å². The summed E-state index contributed by atoms with van der Waals surface area (Å²) in [5.74, 6) is -2.44. The molecule has 0 N–H and O–H groups in total. The van der Waals surface area contributed by atoms with E-state index in [9.17, 15) is 26.7 Å². The van der Waals surface area contributed by atoms with Gasteiger partial charge in [-0.15, -0.1) is 0 Å². The molecule has 0 bridgehead atoms. The Morgan fingerprint density at radius 2 is 1.66 bits per heavy atom. The predicted molar refractivity (Wildman–Crippen MR) is 140 cm³/mol. The summed E-state index contributed by atoms with van der Waals surface area (Å²) in [5, 5.41) is 0. The molecular formula is C30H22F5N3O3. The Balaban J connectivity index is 1.33. The van der Waals surface area contributed by atoms with Crippen molar-refractivity contribution in [1.29, 1.82) is 0 Å². The monoisotopic (exact) mass is 567 g/mol. The standard InChI is InChI=1S/C30H22F5N3O3/c1-18(39)40-13-14-41-21-9-10-22(24(15-21)30(33,34)35)20-7-5-19(6-8-20)16-38-12-11-26-27(17-38)37-29(36-26)23-3-2-4-25(31)28(23)32/h2-12,15,17H,13-14,16H2,1H3. The molecule has 2 heterocycles. The third kappa shape index (κ3) is 6.34. The number of ether oxygens (including phenoxy) is 2. The maximum absolute atomic E-state index is 14.2. The van der Waals surface area contributed by atoms with Crippen LogP contribution in [-0.4, -0.2) is 33.7 Å². The Hall–Kier alpha value is -4.80. The first-order valence-electron chi connectivity index (χ1n) is 12.4. The van der Waals surface area contributed by atoms with Gasteiger partial charge in [-0.2, -0.15) is 13.2 Å². The molecule has 0 atom stereocenters. The lowest BCUT2D eigenvalue weighted by Crippen LogP contribution is -2.11. The Labute approximate surface area is 231 Å². The molecule has 210 valence electrons. The quantitative estimate of drug-likeness (QED) is 0.115. The molecule has 0 spiro atoms. The van der Waals surface area contributed by atoms with E-state index in [2.05, 4.69) is 9.97 Å². The number of halogens is 5. The minimum Gasteiger partial charge on any atom is -0.490 e. The van der Waals surface area contributed by atoms with Crippen LogP contribution in [0.4, 0.5) is 22.0 Å². The summed E-state index contributed by atoms with van der Waals surface area (Å²) in [6.07, 6.45) is -1.17. The zero-order valence-corrected chi connectivity index (χ0v) is 21.6. The Morgan fingerprint density at radius 3 is 2.39 bits per heavy atom. The highest BCUT2D eigenvalue weighted by atomic mass is 19.4. The first-order chi connectivity index (χ1) is 19.6. The first-order valence-corrected chi connectivity index (χ1v) is 12.4. The fraction of sp³-hybridized carbons (Fsp3) is 0.167. The van der Waals surface area contributed by atoms with Gasteiger partial charge in [0.05, 0.1) is 16.8 Å². The van der Waals surface area contributed by atoms with Crippen LogP contribution >= 0.6 is 0 Å². The molecule has 11 heteroatoms. The van der Waals surface area contributed by atoms with Gasteiger partial charge in [-0.3, -0.25) is 4.79 Å². The van der Waals surface area contributed by atoms with E-state index < -0.39 is 29.3 Å². The summed E-state index contributed by atoms with van der Waals surface area (Å²) in [6, 6.07) is 15.9. The fourth-order valence-corrected chi connectivity index (χ4v) is 4.29. The number of imidazole rings is 1. The van der Waals surface area contributed by atoms with Crippen molar-refractivity contribution in [2.75, 3.05) is 13.2 Å². The summed E-state index contributed by atoms with van der Waals surface area (Å²) in [6.45, 7) is 1.46. The lowest BCUT2D eigenvalue weighted by molar-refractivity contribution is -0.141. The average molecular weight is 568 g/mol. The second kappa shape index (κ2) is 11.4. The molecule has 0 fully saturated rings.